The Labute approximate surface area is 105 Å². The summed E-state index contributed by atoms with van der Waals surface area (Å²) in [5.41, 5.74) is 0. The average Bonchev–Trinajstić information content (AvgIpc) is 2.74. The SMILES string of the molecule is CC(C)NCCS(=O)(=O)N1CC2CCCC2C1. The molecule has 1 aliphatic heterocycles. The summed E-state index contributed by atoms with van der Waals surface area (Å²) in [6.45, 7) is 6.18. The van der Waals surface area contributed by atoms with Crippen molar-refractivity contribution in [1.29, 1.82) is 0 Å². The molecule has 0 amide bonds. The third kappa shape index (κ3) is 3.20. The first-order chi connectivity index (χ1) is 7.99. The fourth-order valence-corrected chi connectivity index (χ4v) is 4.50. The van der Waals surface area contributed by atoms with E-state index in [0.717, 1.165) is 13.1 Å². The van der Waals surface area contributed by atoms with E-state index in [2.05, 4.69) is 5.32 Å². The van der Waals surface area contributed by atoms with Gasteiger partial charge in [0, 0.05) is 25.7 Å². The molecule has 5 heteroatoms. The van der Waals surface area contributed by atoms with E-state index in [0.29, 0.717) is 24.4 Å². The van der Waals surface area contributed by atoms with Crippen molar-refractivity contribution in [2.45, 2.75) is 39.2 Å². The molecule has 1 saturated carbocycles. The quantitative estimate of drug-likeness (QED) is 0.804. The summed E-state index contributed by atoms with van der Waals surface area (Å²) < 4.78 is 26.0. The highest BCUT2D eigenvalue weighted by molar-refractivity contribution is 7.89. The van der Waals surface area contributed by atoms with Crippen molar-refractivity contribution >= 4 is 10.0 Å². The van der Waals surface area contributed by atoms with E-state index in [1.165, 1.54) is 19.3 Å². The number of nitrogens with one attached hydrogen (secondary N) is 1. The largest absolute Gasteiger partial charge is 0.313 e. The van der Waals surface area contributed by atoms with E-state index >= 15 is 0 Å². The van der Waals surface area contributed by atoms with Gasteiger partial charge in [0.1, 0.15) is 0 Å². The number of fused-ring (bicyclic) bond motifs is 1. The lowest BCUT2D eigenvalue weighted by molar-refractivity contribution is 0.443. The summed E-state index contributed by atoms with van der Waals surface area (Å²) in [4.78, 5) is 0. The first-order valence-electron chi connectivity index (χ1n) is 6.70. The van der Waals surface area contributed by atoms with Gasteiger partial charge in [0.2, 0.25) is 10.0 Å². The lowest BCUT2D eigenvalue weighted by atomic mass is 10.0. The number of nitrogens with zero attached hydrogens (tertiary/aromatic N) is 1. The van der Waals surface area contributed by atoms with Gasteiger partial charge >= 0.3 is 0 Å². The van der Waals surface area contributed by atoms with Crippen molar-refractivity contribution in [1.82, 2.24) is 9.62 Å². The maximum atomic E-state index is 12.1. The predicted molar refractivity (Wildman–Crippen MR) is 69.3 cm³/mol. The number of hydrogen-bond acceptors (Lipinski definition) is 3. The summed E-state index contributed by atoms with van der Waals surface area (Å²) in [5, 5.41) is 3.17. The van der Waals surface area contributed by atoms with Crippen LogP contribution in [0.3, 0.4) is 0 Å². The molecule has 100 valence electrons. The van der Waals surface area contributed by atoms with E-state index in [1.807, 2.05) is 13.8 Å². The molecule has 1 saturated heterocycles. The highest BCUT2D eigenvalue weighted by atomic mass is 32.2. The number of rotatable bonds is 5. The van der Waals surface area contributed by atoms with Crippen LogP contribution in [0.2, 0.25) is 0 Å². The molecular weight excluding hydrogens is 236 g/mol. The molecular formula is C12H24N2O2S. The molecule has 0 radical (unpaired) electrons. The summed E-state index contributed by atoms with van der Waals surface area (Å²) in [6.07, 6.45) is 3.74. The highest BCUT2D eigenvalue weighted by Gasteiger charge is 2.40. The molecule has 2 fully saturated rings. The topological polar surface area (TPSA) is 49.4 Å². The standard InChI is InChI=1S/C12H24N2O2S/c1-10(2)13-6-7-17(15,16)14-8-11-4-3-5-12(11)9-14/h10-13H,3-9H2,1-2H3. The first kappa shape index (κ1) is 13.3. The third-order valence-corrected chi connectivity index (χ3v) is 5.80. The number of hydrogen-bond donors (Lipinski definition) is 1. The van der Waals surface area contributed by atoms with Gasteiger partial charge in [-0.2, -0.15) is 0 Å². The lowest BCUT2D eigenvalue weighted by Crippen LogP contribution is -2.37. The Morgan fingerprint density at radius 3 is 2.35 bits per heavy atom. The maximum absolute atomic E-state index is 12.1. The van der Waals surface area contributed by atoms with Crippen molar-refractivity contribution < 1.29 is 8.42 Å². The summed E-state index contributed by atoms with van der Waals surface area (Å²) in [5.74, 6) is 1.52. The van der Waals surface area contributed by atoms with Crippen LogP contribution in [0.25, 0.3) is 0 Å². The van der Waals surface area contributed by atoms with Gasteiger partial charge in [0.05, 0.1) is 5.75 Å². The van der Waals surface area contributed by atoms with Gasteiger partial charge in [-0.25, -0.2) is 12.7 Å². The fourth-order valence-electron chi connectivity index (χ4n) is 3.02. The van der Waals surface area contributed by atoms with Crippen molar-refractivity contribution in [3.05, 3.63) is 0 Å². The predicted octanol–water partition coefficient (Wildman–Crippen LogP) is 1.05. The number of sulfonamides is 1. The smallest absolute Gasteiger partial charge is 0.215 e. The van der Waals surface area contributed by atoms with Gasteiger partial charge in [-0.1, -0.05) is 20.3 Å². The Morgan fingerprint density at radius 1 is 1.24 bits per heavy atom. The summed E-state index contributed by atoms with van der Waals surface area (Å²) in [7, 11) is -3.03. The molecule has 1 N–H and O–H groups in total. The molecule has 4 nitrogen and oxygen atoms in total. The van der Waals surface area contributed by atoms with Crippen molar-refractivity contribution in [3.8, 4) is 0 Å². The van der Waals surface area contributed by atoms with Gasteiger partial charge in [0.25, 0.3) is 0 Å². The molecule has 0 spiro atoms. The molecule has 0 bridgehead atoms. The molecule has 2 aliphatic rings. The molecule has 0 aromatic carbocycles. The van der Waals surface area contributed by atoms with Crippen molar-refractivity contribution in [2.75, 3.05) is 25.4 Å². The second-order valence-corrected chi connectivity index (χ2v) is 7.78. The van der Waals surface area contributed by atoms with Crippen LogP contribution in [-0.4, -0.2) is 44.2 Å². The summed E-state index contributed by atoms with van der Waals surface area (Å²) >= 11 is 0. The van der Waals surface area contributed by atoms with Gasteiger partial charge in [-0.15, -0.1) is 0 Å². The Morgan fingerprint density at radius 2 is 1.82 bits per heavy atom. The molecule has 0 aromatic rings. The monoisotopic (exact) mass is 260 g/mol. The minimum atomic E-state index is -3.03. The maximum Gasteiger partial charge on any atom is 0.215 e. The van der Waals surface area contributed by atoms with E-state index in [1.54, 1.807) is 4.31 Å². The van der Waals surface area contributed by atoms with E-state index in [4.69, 9.17) is 0 Å². The van der Waals surface area contributed by atoms with Crippen molar-refractivity contribution in [3.63, 3.8) is 0 Å². The second kappa shape index (κ2) is 5.24. The van der Waals surface area contributed by atoms with Gasteiger partial charge in [0.15, 0.2) is 0 Å². The molecule has 0 aromatic heterocycles. The summed E-state index contributed by atoms with van der Waals surface area (Å²) in [6, 6.07) is 0.350. The molecule has 2 unspecified atom stereocenters. The Balaban J connectivity index is 1.84. The van der Waals surface area contributed by atoms with Crippen LogP contribution >= 0.6 is 0 Å². The molecule has 1 aliphatic carbocycles. The Kier molecular flexibility index (Phi) is 4.10. The highest BCUT2D eigenvalue weighted by Crippen LogP contribution is 2.38. The fraction of sp³-hybridized carbons (Fsp3) is 1.00. The van der Waals surface area contributed by atoms with E-state index in [9.17, 15) is 8.42 Å². The molecule has 17 heavy (non-hydrogen) atoms. The van der Waals surface area contributed by atoms with Crippen LogP contribution < -0.4 is 5.32 Å². The van der Waals surface area contributed by atoms with Crippen LogP contribution in [-0.2, 0) is 10.0 Å². The van der Waals surface area contributed by atoms with Crippen molar-refractivity contribution in [2.24, 2.45) is 11.8 Å². The zero-order chi connectivity index (χ0) is 12.5. The molecule has 1 heterocycles. The van der Waals surface area contributed by atoms with E-state index < -0.39 is 10.0 Å². The zero-order valence-electron chi connectivity index (χ0n) is 10.9. The van der Waals surface area contributed by atoms with Crippen LogP contribution in [0.1, 0.15) is 33.1 Å². The Bertz CT molecular complexity index is 342. The normalized spacial score (nSPS) is 30.1. The Hall–Kier alpha value is -0.130. The lowest BCUT2D eigenvalue weighted by Gasteiger charge is -2.18. The second-order valence-electron chi connectivity index (χ2n) is 5.69. The van der Waals surface area contributed by atoms with Crippen LogP contribution in [0.15, 0.2) is 0 Å². The van der Waals surface area contributed by atoms with Gasteiger partial charge < -0.3 is 5.32 Å². The minimum absolute atomic E-state index is 0.241. The van der Waals surface area contributed by atoms with E-state index in [-0.39, 0.29) is 5.75 Å². The van der Waals surface area contributed by atoms with Gasteiger partial charge in [-0.05, 0) is 24.7 Å². The van der Waals surface area contributed by atoms with Crippen LogP contribution in [0, 0.1) is 11.8 Å². The first-order valence-corrected chi connectivity index (χ1v) is 8.31. The molecule has 2 rings (SSSR count). The van der Waals surface area contributed by atoms with Crippen LogP contribution in [0.5, 0.6) is 0 Å². The van der Waals surface area contributed by atoms with Crippen LogP contribution in [0.4, 0.5) is 0 Å². The van der Waals surface area contributed by atoms with Gasteiger partial charge in [-0.3, -0.25) is 0 Å². The third-order valence-electron chi connectivity index (χ3n) is 4.00. The minimum Gasteiger partial charge on any atom is -0.313 e. The zero-order valence-corrected chi connectivity index (χ0v) is 11.7. The average molecular weight is 260 g/mol. The molecule has 2 atom stereocenters.